The van der Waals surface area contributed by atoms with Crippen LogP contribution in [0.4, 0.5) is 4.79 Å². The fourth-order valence-corrected chi connectivity index (χ4v) is 5.46. The third-order valence-corrected chi connectivity index (χ3v) is 7.12. The SMILES string of the molecule is CC=C(C)C1=CC2CCCC(C1)N2C(=O)OCC1c2ccccc2-c2ccccc21. The van der Waals surface area contributed by atoms with Crippen LogP contribution in [0.25, 0.3) is 11.1 Å². The van der Waals surface area contributed by atoms with Gasteiger partial charge in [0.2, 0.25) is 0 Å². The third kappa shape index (κ3) is 3.17. The van der Waals surface area contributed by atoms with Gasteiger partial charge in [0.15, 0.2) is 0 Å². The van der Waals surface area contributed by atoms with E-state index in [1.54, 1.807) is 0 Å². The number of benzene rings is 2. The van der Waals surface area contributed by atoms with Gasteiger partial charge in [0, 0.05) is 12.0 Å². The zero-order valence-electron chi connectivity index (χ0n) is 17.8. The first kappa shape index (κ1) is 19.2. The van der Waals surface area contributed by atoms with Crippen LogP contribution in [0.15, 0.2) is 71.8 Å². The molecule has 1 saturated heterocycles. The van der Waals surface area contributed by atoms with Gasteiger partial charge in [0.25, 0.3) is 0 Å². The summed E-state index contributed by atoms with van der Waals surface area (Å²) in [5.41, 5.74) is 7.78. The molecule has 2 unspecified atom stereocenters. The largest absolute Gasteiger partial charge is 0.448 e. The minimum absolute atomic E-state index is 0.113. The number of ether oxygens (including phenoxy) is 1. The van der Waals surface area contributed by atoms with Crippen LogP contribution in [-0.4, -0.2) is 29.7 Å². The van der Waals surface area contributed by atoms with Gasteiger partial charge in [-0.2, -0.15) is 0 Å². The van der Waals surface area contributed by atoms with E-state index in [0.29, 0.717) is 6.61 Å². The summed E-state index contributed by atoms with van der Waals surface area (Å²) in [4.78, 5) is 15.2. The smallest absolute Gasteiger partial charge is 0.410 e. The topological polar surface area (TPSA) is 29.5 Å². The molecule has 1 amide bonds. The van der Waals surface area contributed by atoms with Crippen molar-refractivity contribution in [2.45, 2.75) is 57.5 Å². The van der Waals surface area contributed by atoms with Crippen molar-refractivity contribution in [2.75, 3.05) is 6.61 Å². The molecule has 2 bridgehead atoms. The second-order valence-electron chi connectivity index (χ2n) is 8.73. The molecule has 3 nitrogen and oxygen atoms in total. The van der Waals surface area contributed by atoms with Crippen LogP contribution in [0.3, 0.4) is 0 Å². The molecule has 2 aliphatic heterocycles. The maximum atomic E-state index is 13.2. The molecule has 3 aliphatic rings. The number of piperidine rings is 1. The molecule has 0 radical (unpaired) electrons. The van der Waals surface area contributed by atoms with E-state index in [2.05, 4.69) is 74.5 Å². The zero-order valence-corrected chi connectivity index (χ0v) is 17.8. The predicted molar refractivity (Wildman–Crippen MR) is 120 cm³/mol. The molecule has 3 heteroatoms. The summed E-state index contributed by atoms with van der Waals surface area (Å²) in [6, 6.07) is 17.4. The number of carbonyl (C=O) groups is 1. The van der Waals surface area contributed by atoms with E-state index in [0.717, 1.165) is 19.3 Å². The van der Waals surface area contributed by atoms with Crippen molar-refractivity contribution < 1.29 is 9.53 Å². The highest BCUT2D eigenvalue weighted by atomic mass is 16.6. The van der Waals surface area contributed by atoms with Crippen LogP contribution in [0.5, 0.6) is 0 Å². The Morgan fingerprint density at radius 1 is 1.07 bits per heavy atom. The fraction of sp³-hybridized carbons (Fsp3) is 0.370. The van der Waals surface area contributed by atoms with Crippen molar-refractivity contribution in [3.8, 4) is 11.1 Å². The Bertz CT molecular complexity index is 989. The van der Waals surface area contributed by atoms with Gasteiger partial charge in [0.1, 0.15) is 6.61 Å². The summed E-state index contributed by atoms with van der Waals surface area (Å²) >= 11 is 0. The van der Waals surface area contributed by atoms with Crippen molar-refractivity contribution in [1.82, 2.24) is 4.90 Å². The van der Waals surface area contributed by atoms with E-state index in [1.165, 1.54) is 39.8 Å². The van der Waals surface area contributed by atoms with Gasteiger partial charge in [-0.3, -0.25) is 4.90 Å². The lowest BCUT2D eigenvalue weighted by Gasteiger charge is -2.44. The monoisotopic (exact) mass is 399 g/mol. The lowest BCUT2D eigenvalue weighted by molar-refractivity contribution is 0.0514. The van der Waals surface area contributed by atoms with Gasteiger partial charge >= 0.3 is 6.09 Å². The molecule has 5 rings (SSSR count). The highest BCUT2D eigenvalue weighted by Crippen LogP contribution is 2.45. The average molecular weight is 400 g/mol. The first-order valence-electron chi connectivity index (χ1n) is 11.1. The molecule has 0 aromatic heterocycles. The van der Waals surface area contributed by atoms with Crippen LogP contribution in [0.1, 0.15) is 56.6 Å². The summed E-state index contributed by atoms with van der Waals surface area (Å²) in [6.45, 7) is 4.65. The molecule has 2 heterocycles. The Hall–Kier alpha value is -2.81. The second kappa shape index (κ2) is 7.79. The fourth-order valence-electron chi connectivity index (χ4n) is 5.46. The predicted octanol–water partition coefficient (Wildman–Crippen LogP) is 6.45. The lowest BCUT2D eigenvalue weighted by atomic mass is 9.83. The Balaban J connectivity index is 1.35. The average Bonchev–Trinajstić information content (AvgIpc) is 3.10. The van der Waals surface area contributed by atoms with Gasteiger partial charge in [-0.05, 0) is 67.4 Å². The summed E-state index contributed by atoms with van der Waals surface area (Å²) in [5.74, 6) is 0.113. The van der Waals surface area contributed by atoms with Crippen molar-refractivity contribution >= 4 is 6.09 Å². The van der Waals surface area contributed by atoms with Gasteiger partial charge in [-0.1, -0.05) is 66.3 Å². The van der Waals surface area contributed by atoms with Crippen LogP contribution in [0, 0.1) is 0 Å². The third-order valence-electron chi connectivity index (χ3n) is 7.12. The summed E-state index contributed by atoms with van der Waals surface area (Å²) < 4.78 is 5.98. The van der Waals surface area contributed by atoms with E-state index < -0.39 is 0 Å². The molecule has 0 N–H and O–H groups in total. The molecule has 1 fully saturated rings. The van der Waals surface area contributed by atoms with E-state index in [4.69, 9.17) is 4.74 Å². The van der Waals surface area contributed by atoms with Crippen molar-refractivity contribution in [1.29, 1.82) is 0 Å². The number of nitrogens with zero attached hydrogens (tertiary/aromatic N) is 1. The van der Waals surface area contributed by atoms with Crippen LogP contribution in [0.2, 0.25) is 0 Å². The zero-order chi connectivity index (χ0) is 20.7. The molecule has 154 valence electrons. The summed E-state index contributed by atoms with van der Waals surface area (Å²) in [5, 5.41) is 0. The maximum Gasteiger partial charge on any atom is 0.410 e. The van der Waals surface area contributed by atoms with E-state index in [9.17, 15) is 4.79 Å². The summed E-state index contributed by atoms with van der Waals surface area (Å²) in [6.07, 6.45) is 8.53. The lowest BCUT2D eigenvalue weighted by Crippen LogP contribution is -2.52. The molecular weight excluding hydrogens is 370 g/mol. The molecular formula is C27H29NO2. The van der Waals surface area contributed by atoms with Crippen molar-refractivity contribution in [3.05, 3.63) is 83.0 Å². The Labute approximate surface area is 179 Å². The van der Waals surface area contributed by atoms with Gasteiger partial charge in [-0.15, -0.1) is 0 Å². The standard InChI is InChI=1S/C27H29NO2/c1-3-18(2)19-15-20-9-8-10-21(16-19)28(20)27(29)30-17-26-24-13-6-4-11-22(24)23-12-5-7-14-25(23)26/h3-7,11-15,20-21,26H,8-10,16-17H2,1-2H3. The minimum atomic E-state index is -0.153. The molecule has 0 saturated carbocycles. The Morgan fingerprint density at radius 3 is 2.37 bits per heavy atom. The second-order valence-corrected chi connectivity index (χ2v) is 8.73. The molecule has 2 aromatic carbocycles. The summed E-state index contributed by atoms with van der Waals surface area (Å²) in [7, 11) is 0. The van der Waals surface area contributed by atoms with E-state index >= 15 is 0 Å². The van der Waals surface area contributed by atoms with Crippen molar-refractivity contribution in [2.24, 2.45) is 0 Å². The normalized spacial score (nSPS) is 22.9. The first-order valence-corrected chi connectivity index (χ1v) is 11.1. The van der Waals surface area contributed by atoms with Gasteiger partial charge < -0.3 is 4.74 Å². The number of fused-ring (bicyclic) bond motifs is 5. The molecule has 1 aliphatic carbocycles. The quantitative estimate of drug-likeness (QED) is 0.593. The first-order chi connectivity index (χ1) is 14.7. The van der Waals surface area contributed by atoms with Gasteiger partial charge in [-0.25, -0.2) is 4.79 Å². The number of hydrogen-bond acceptors (Lipinski definition) is 2. The van der Waals surface area contributed by atoms with Crippen molar-refractivity contribution in [3.63, 3.8) is 0 Å². The van der Waals surface area contributed by atoms with Crippen LogP contribution in [-0.2, 0) is 4.74 Å². The molecule has 2 aromatic rings. The molecule has 0 spiro atoms. The highest BCUT2D eigenvalue weighted by molar-refractivity contribution is 5.79. The van der Waals surface area contributed by atoms with E-state index in [-0.39, 0.29) is 24.1 Å². The molecule has 2 atom stereocenters. The van der Waals surface area contributed by atoms with Gasteiger partial charge in [0.05, 0.1) is 6.04 Å². The number of carbonyl (C=O) groups excluding carboxylic acids is 1. The van der Waals surface area contributed by atoms with E-state index in [1.807, 2.05) is 4.90 Å². The Kier molecular flexibility index (Phi) is 4.98. The van der Waals surface area contributed by atoms with Crippen LogP contribution >= 0.6 is 0 Å². The number of allylic oxidation sites excluding steroid dienone is 2. The number of amides is 1. The number of rotatable bonds is 3. The molecule has 30 heavy (non-hydrogen) atoms. The minimum Gasteiger partial charge on any atom is -0.448 e. The Morgan fingerprint density at radius 2 is 1.73 bits per heavy atom. The number of hydrogen-bond donors (Lipinski definition) is 0. The highest BCUT2D eigenvalue weighted by Gasteiger charge is 2.39. The van der Waals surface area contributed by atoms with Crippen LogP contribution < -0.4 is 0 Å². The maximum absolute atomic E-state index is 13.2.